The molecule has 0 fully saturated rings. The second-order valence-electron chi connectivity index (χ2n) is 4.81. The van der Waals surface area contributed by atoms with Gasteiger partial charge in [-0.15, -0.1) is 0 Å². The van der Waals surface area contributed by atoms with Crippen molar-refractivity contribution in [3.05, 3.63) is 30.1 Å². The van der Waals surface area contributed by atoms with Crippen molar-refractivity contribution in [2.75, 3.05) is 26.2 Å². The lowest BCUT2D eigenvalue weighted by Crippen LogP contribution is -2.41. The predicted molar refractivity (Wildman–Crippen MR) is 79.0 cm³/mol. The first-order chi connectivity index (χ1) is 9.30. The highest BCUT2D eigenvalue weighted by Gasteiger charge is 2.12. The molecule has 0 aliphatic rings. The zero-order valence-corrected chi connectivity index (χ0v) is 12.2. The second kappa shape index (κ2) is 9.89. The average Bonchev–Trinajstić information content (AvgIpc) is 2.45. The van der Waals surface area contributed by atoms with Crippen molar-refractivity contribution in [1.82, 2.24) is 15.2 Å². The van der Waals surface area contributed by atoms with Crippen LogP contribution in [0.2, 0.25) is 0 Å². The van der Waals surface area contributed by atoms with Crippen LogP contribution in [0.3, 0.4) is 0 Å². The van der Waals surface area contributed by atoms with E-state index >= 15 is 0 Å². The molecule has 4 heteroatoms. The van der Waals surface area contributed by atoms with Crippen LogP contribution in [0.15, 0.2) is 24.4 Å². The SMILES string of the molecule is CCCNC(CCO)CN(CC)Cc1ccccn1. The summed E-state index contributed by atoms with van der Waals surface area (Å²) in [4.78, 5) is 6.74. The molecule has 1 aromatic rings. The number of aromatic nitrogens is 1. The fourth-order valence-corrected chi connectivity index (χ4v) is 2.10. The maximum atomic E-state index is 9.14. The quantitative estimate of drug-likeness (QED) is 0.675. The topological polar surface area (TPSA) is 48.4 Å². The summed E-state index contributed by atoms with van der Waals surface area (Å²) in [6.45, 7) is 8.38. The second-order valence-corrected chi connectivity index (χ2v) is 4.81. The minimum atomic E-state index is 0.239. The highest BCUT2D eigenvalue weighted by atomic mass is 16.3. The van der Waals surface area contributed by atoms with Crippen LogP contribution in [0, 0.1) is 0 Å². The van der Waals surface area contributed by atoms with E-state index in [-0.39, 0.29) is 6.61 Å². The van der Waals surface area contributed by atoms with Crippen molar-refractivity contribution in [3.8, 4) is 0 Å². The number of hydrogen-bond acceptors (Lipinski definition) is 4. The lowest BCUT2D eigenvalue weighted by Gasteiger charge is -2.26. The molecule has 0 aliphatic carbocycles. The third kappa shape index (κ3) is 6.66. The van der Waals surface area contributed by atoms with Crippen LogP contribution in [0.25, 0.3) is 0 Å². The Labute approximate surface area is 116 Å². The van der Waals surface area contributed by atoms with Gasteiger partial charge in [0, 0.05) is 31.9 Å². The van der Waals surface area contributed by atoms with Gasteiger partial charge < -0.3 is 10.4 Å². The van der Waals surface area contributed by atoms with Gasteiger partial charge in [-0.05, 0) is 38.1 Å². The zero-order chi connectivity index (χ0) is 13.9. The van der Waals surface area contributed by atoms with Crippen molar-refractivity contribution >= 4 is 0 Å². The van der Waals surface area contributed by atoms with Gasteiger partial charge in [0.25, 0.3) is 0 Å². The Balaban J connectivity index is 2.48. The van der Waals surface area contributed by atoms with Crippen molar-refractivity contribution in [3.63, 3.8) is 0 Å². The van der Waals surface area contributed by atoms with E-state index in [1.165, 1.54) is 0 Å². The molecule has 1 atom stereocenters. The van der Waals surface area contributed by atoms with E-state index in [1.54, 1.807) is 0 Å². The Morgan fingerprint density at radius 1 is 1.37 bits per heavy atom. The first kappa shape index (κ1) is 16.1. The molecule has 1 unspecified atom stereocenters. The van der Waals surface area contributed by atoms with Gasteiger partial charge in [-0.25, -0.2) is 0 Å². The Morgan fingerprint density at radius 2 is 2.21 bits per heavy atom. The monoisotopic (exact) mass is 265 g/mol. The highest BCUT2D eigenvalue weighted by molar-refractivity contribution is 5.03. The van der Waals surface area contributed by atoms with E-state index in [0.29, 0.717) is 6.04 Å². The average molecular weight is 265 g/mol. The van der Waals surface area contributed by atoms with Crippen LogP contribution in [-0.4, -0.2) is 47.3 Å². The molecule has 2 N–H and O–H groups in total. The highest BCUT2D eigenvalue weighted by Crippen LogP contribution is 2.04. The summed E-state index contributed by atoms with van der Waals surface area (Å²) < 4.78 is 0. The number of likely N-dealkylation sites (N-methyl/N-ethyl adjacent to an activating group) is 1. The first-order valence-corrected chi connectivity index (χ1v) is 7.26. The number of nitrogens with zero attached hydrogens (tertiary/aromatic N) is 2. The van der Waals surface area contributed by atoms with E-state index in [4.69, 9.17) is 5.11 Å². The van der Waals surface area contributed by atoms with Gasteiger partial charge in [0.05, 0.1) is 5.69 Å². The zero-order valence-electron chi connectivity index (χ0n) is 12.2. The Bertz CT molecular complexity index is 318. The Hall–Kier alpha value is -0.970. The third-order valence-electron chi connectivity index (χ3n) is 3.20. The molecule has 0 aromatic carbocycles. The van der Waals surface area contributed by atoms with Crippen molar-refractivity contribution in [1.29, 1.82) is 0 Å². The van der Waals surface area contributed by atoms with Gasteiger partial charge in [-0.2, -0.15) is 0 Å². The number of aliphatic hydroxyl groups excluding tert-OH is 1. The number of nitrogens with one attached hydrogen (secondary N) is 1. The van der Waals surface area contributed by atoms with Gasteiger partial charge >= 0.3 is 0 Å². The fraction of sp³-hybridized carbons (Fsp3) is 0.667. The van der Waals surface area contributed by atoms with Gasteiger partial charge in [-0.3, -0.25) is 9.88 Å². The van der Waals surface area contributed by atoms with Crippen LogP contribution in [0.4, 0.5) is 0 Å². The number of rotatable bonds is 10. The number of hydrogen-bond donors (Lipinski definition) is 2. The molecule has 19 heavy (non-hydrogen) atoms. The van der Waals surface area contributed by atoms with E-state index in [2.05, 4.69) is 35.1 Å². The van der Waals surface area contributed by atoms with E-state index in [1.807, 2.05) is 18.3 Å². The molecular weight excluding hydrogens is 238 g/mol. The molecule has 0 amide bonds. The third-order valence-corrected chi connectivity index (χ3v) is 3.20. The first-order valence-electron chi connectivity index (χ1n) is 7.26. The minimum absolute atomic E-state index is 0.239. The summed E-state index contributed by atoms with van der Waals surface area (Å²) in [5.41, 5.74) is 1.10. The summed E-state index contributed by atoms with van der Waals surface area (Å²) in [6, 6.07) is 6.38. The molecule has 1 aromatic heterocycles. The molecule has 4 nitrogen and oxygen atoms in total. The number of aliphatic hydroxyl groups is 1. The van der Waals surface area contributed by atoms with Crippen molar-refractivity contribution in [2.24, 2.45) is 0 Å². The molecule has 0 radical (unpaired) electrons. The summed E-state index contributed by atoms with van der Waals surface area (Å²) in [6.07, 6.45) is 3.76. The molecule has 0 spiro atoms. The van der Waals surface area contributed by atoms with Gasteiger partial charge in [0.15, 0.2) is 0 Å². The van der Waals surface area contributed by atoms with Crippen LogP contribution < -0.4 is 5.32 Å². The summed E-state index contributed by atoms with van der Waals surface area (Å²) in [5, 5.41) is 12.6. The van der Waals surface area contributed by atoms with Crippen molar-refractivity contribution < 1.29 is 5.11 Å². The normalized spacial score (nSPS) is 12.8. The van der Waals surface area contributed by atoms with E-state index in [0.717, 1.165) is 44.7 Å². The summed E-state index contributed by atoms with van der Waals surface area (Å²) in [7, 11) is 0. The molecule has 1 heterocycles. The van der Waals surface area contributed by atoms with Crippen LogP contribution in [0.5, 0.6) is 0 Å². The van der Waals surface area contributed by atoms with Gasteiger partial charge in [-0.1, -0.05) is 19.9 Å². The maximum Gasteiger partial charge on any atom is 0.0543 e. The van der Waals surface area contributed by atoms with Gasteiger partial charge in [0.1, 0.15) is 0 Å². The molecular formula is C15H27N3O. The lowest BCUT2D eigenvalue weighted by molar-refractivity contribution is 0.207. The van der Waals surface area contributed by atoms with E-state index < -0.39 is 0 Å². The summed E-state index contributed by atoms with van der Waals surface area (Å²) in [5.74, 6) is 0. The lowest BCUT2D eigenvalue weighted by atomic mass is 10.2. The molecule has 1 rings (SSSR count). The summed E-state index contributed by atoms with van der Waals surface area (Å²) >= 11 is 0. The Kier molecular flexibility index (Phi) is 8.38. The smallest absolute Gasteiger partial charge is 0.0543 e. The molecule has 0 saturated carbocycles. The van der Waals surface area contributed by atoms with Crippen LogP contribution >= 0.6 is 0 Å². The maximum absolute atomic E-state index is 9.14. The molecule has 0 saturated heterocycles. The van der Waals surface area contributed by atoms with Crippen LogP contribution in [0.1, 0.15) is 32.4 Å². The standard InChI is InChI=1S/C15H27N3O/c1-3-9-16-15(8-11-19)13-18(4-2)12-14-7-5-6-10-17-14/h5-7,10,15-16,19H,3-4,8-9,11-13H2,1-2H3. The van der Waals surface area contributed by atoms with Crippen LogP contribution in [-0.2, 0) is 6.54 Å². The molecule has 0 bridgehead atoms. The molecule has 108 valence electrons. The van der Waals surface area contributed by atoms with E-state index in [9.17, 15) is 0 Å². The largest absolute Gasteiger partial charge is 0.396 e. The predicted octanol–water partition coefficient (Wildman–Crippen LogP) is 1.65. The molecule has 0 aliphatic heterocycles. The van der Waals surface area contributed by atoms with Crippen molar-refractivity contribution in [2.45, 2.75) is 39.3 Å². The van der Waals surface area contributed by atoms with Gasteiger partial charge in [0.2, 0.25) is 0 Å². The Morgan fingerprint density at radius 3 is 2.79 bits per heavy atom. The number of pyridine rings is 1. The minimum Gasteiger partial charge on any atom is -0.396 e. The fourth-order valence-electron chi connectivity index (χ4n) is 2.10.